The van der Waals surface area contributed by atoms with E-state index in [9.17, 15) is 14.0 Å². The first-order chi connectivity index (χ1) is 12.1. The van der Waals surface area contributed by atoms with Crippen LogP contribution in [0.3, 0.4) is 0 Å². The molecule has 1 aromatic rings. The molecule has 3 aliphatic rings. The van der Waals surface area contributed by atoms with E-state index in [2.05, 4.69) is 15.5 Å². The van der Waals surface area contributed by atoms with E-state index in [0.717, 1.165) is 19.6 Å². The van der Waals surface area contributed by atoms with Crippen molar-refractivity contribution in [2.24, 2.45) is 0 Å². The van der Waals surface area contributed by atoms with Gasteiger partial charge in [0.25, 0.3) is 5.91 Å². The number of rotatable bonds is 4. The van der Waals surface area contributed by atoms with Gasteiger partial charge >= 0.3 is 6.03 Å². The van der Waals surface area contributed by atoms with Crippen molar-refractivity contribution >= 4 is 11.9 Å². The van der Waals surface area contributed by atoms with Gasteiger partial charge in [0.2, 0.25) is 0 Å². The quantitative estimate of drug-likeness (QED) is 0.867. The molecule has 0 unspecified atom stereocenters. The molecule has 0 spiro atoms. The highest BCUT2D eigenvalue weighted by Crippen LogP contribution is 2.32. The Hall–Kier alpha value is -2.41. The fraction of sp³-hybridized carbons (Fsp3) is 0.444. The number of likely N-dealkylation sites (tertiary alicyclic amines) is 1. The van der Waals surface area contributed by atoms with Crippen LogP contribution < -0.4 is 10.6 Å². The van der Waals surface area contributed by atoms with Gasteiger partial charge in [0, 0.05) is 13.1 Å². The number of benzene rings is 1. The molecular weight excluding hydrogens is 323 g/mol. The molecule has 1 atom stereocenters. The van der Waals surface area contributed by atoms with E-state index in [-0.39, 0.29) is 17.8 Å². The molecule has 3 heterocycles. The number of nitrogens with zero attached hydrogens (tertiary/aromatic N) is 2. The summed E-state index contributed by atoms with van der Waals surface area (Å²) in [5.41, 5.74) is 1.73. The molecular formula is C18H21FN4O2. The predicted molar refractivity (Wildman–Crippen MR) is 90.1 cm³/mol. The lowest BCUT2D eigenvalue weighted by Gasteiger charge is -2.25. The van der Waals surface area contributed by atoms with E-state index in [1.54, 1.807) is 17.0 Å². The zero-order chi connectivity index (χ0) is 17.4. The SMILES string of the molecule is O=C1NC2=C(C(=O)N(CCN3CCCC3)C2)[C@H](c2cccc(F)c2)N1. The Morgan fingerprint density at radius 2 is 1.96 bits per heavy atom. The topological polar surface area (TPSA) is 64.7 Å². The molecule has 1 saturated heterocycles. The van der Waals surface area contributed by atoms with Crippen LogP contribution in [-0.2, 0) is 4.79 Å². The fourth-order valence-corrected chi connectivity index (χ4v) is 3.81. The minimum Gasteiger partial charge on any atom is -0.332 e. The Balaban J connectivity index is 1.53. The van der Waals surface area contributed by atoms with E-state index in [4.69, 9.17) is 0 Å². The number of hydrogen-bond donors (Lipinski definition) is 2. The number of carbonyl (C=O) groups is 2. The molecule has 132 valence electrons. The van der Waals surface area contributed by atoms with E-state index < -0.39 is 6.04 Å². The van der Waals surface area contributed by atoms with Crippen molar-refractivity contribution in [3.63, 3.8) is 0 Å². The second-order valence-electron chi connectivity index (χ2n) is 6.75. The fourth-order valence-electron chi connectivity index (χ4n) is 3.81. The van der Waals surface area contributed by atoms with E-state index in [0.29, 0.717) is 29.9 Å². The molecule has 0 saturated carbocycles. The van der Waals surface area contributed by atoms with Crippen molar-refractivity contribution < 1.29 is 14.0 Å². The van der Waals surface area contributed by atoms with Gasteiger partial charge in [-0.1, -0.05) is 12.1 Å². The first-order valence-corrected chi connectivity index (χ1v) is 8.69. The average molecular weight is 344 g/mol. The average Bonchev–Trinajstić information content (AvgIpc) is 3.20. The van der Waals surface area contributed by atoms with Gasteiger partial charge in [-0.25, -0.2) is 9.18 Å². The predicted octanol–water partition coefficient (Wildman–Crippen LogP) is 1.37. The van der Waals surface area contributed by atoms with Crippen molar-refractivity contribution in [3.05, 3.63) is 46.9 Å². The van der Waals surface area contributed by atoms with Crippen molar-refractivity contribution in [2.45, 2.75) is 18.9 Å². The maximum atomic E-state index is 13.6. The largest absolute Gasteiger partial charge is 0.332 e. The van der Waals surface area contributed by atoms with Gasteiger partial charge in [-0.3, -0.25) is 4.79 Å². The second-order valence-corrected chi connectivity index (χ2v) is 6.75. The molecule has 7 heteroatoms. The summed E-state index contributed by atoms with van der Waals surface area (Å²) in [5.74, 6) is -0.472. The van der Waals surface area contributed by atoms with Crippen LogP contribution >= 0.6 is 0 Å². The third kappa shape index (κ3) is 3.11. The minimum atomic E-state index is -0.608. The summed E-state index contributed by atoms with van der Waals surface area (Å²) in [7, 11) is 0. The van der Waals surface area contributed by atoms with Gasteiger partial charge in [0.15, 0.2) is 0 Å². The zero-order valence-corrected chi connectivity index (χ0v) is 13.9. The lowest BCUT2D eigenvalue weighted by atomic mass is 9.96. The van der Waals surface area contributed by atoms with Gasteiger partial charge in [-0.2, -0.15) is 0 Å². The van der Waals surface area contributed by atoms with Crippen LogP contribution in [-0.4, -0.2) is 54.5 Å². The Kier molecular flexibility index (Phi) is 4.17. The van der Waals surface area contributed by atoms with Gasteiger partial charge < -0.3 is 20.4 Å². The molecule has 3 amide bonds. The number of hydrogen-bond acceptors (Lipinski definition) is 3. The summed E-state index contributed by atoms with van der Waals surface area (Å²) in [4.78, 5) is 29.0. The Bertz CT molecular complexity index is 742. The molecule has 0 radical (unpaired) electrons. The van der Waals surface area contributed by atoms with Crippen molar-refractivity contribution in [3.8, 4) is 0 Å². The second kappa shape index (κ2) is 6.48. The zero-order valence-electron chi connectivity index (χ0n) is 13.9. The maximum absolute atomic E-state index is 13.6. The maximum Gasteiger partial charge on any atom is 0.319 e. The Morgan fingerprint density at radius 1 is 1.16 bits per heavy atom. The van der Waals surface area contributed by atoms with Crippen LogP contribution in [0.15, 0.2) is 35.5 Å². The van der Waals surface area contributed by atoms with Crippen LogP contribution in [0.4, 0.5) is 9.18 Å². The lowest BCUT2D eigenvalue weighted by molar-refractivity contribution is -0.126. The minimum absolute atomic E-state index is 0.0871. The summed E-state index contributed by atoms with van der Waals surface area (Å²) in [6.45, 7) is 4.05. The monoisotopic (exact) mass is 344 g/mol. The standard InChI is InChI=1S/C18H21FN4O2/c19-13-5-3-4-12(10-13)16-15-14(20-18(25)21-16)11-23(17(15)24)9-8-22-6-1-2-7-22/h3-5,10,16H,1-2,6-9,11H2,(H2,20,21,25)/t16-/m0/s1. The smallest absolute Gasteiger partial charge is 0.319 e. The number of amides is 3. The molecule has 0 aromatic heterocycles. The number of nitrogens with one attached hydrogen (secondary N) is 2. The molecule has 1 fully saturated rings. The highest BCUT2D eigenvalue weighted by Gasteiger charge is 2.40. The molecule has 4 rings (SSSR count). The van der Waals surface area contributed by atoms with Crippen molar-refractivity contribution in [2.75, 3.05) is 32.7 Å². The third-order valence-electron chi connectivity index (χ3n) is 5.09. The highest BCUT2D eigenvalue weighted by molar-refractivity contribution is 6.01. The van der Waals surface area contributed by atoms with E-state index in [1.807, 2.05) is 0 Å². The third-order valence-corrected chi connectivity index (χ3v) is 5.09. The van der Waals surface area contributed by atoms with Crippen LogP contribution in [0, 0.1) is 5.82 Å². The number of halogens is 1. The van der Waals surface area contributed by atoms with E-state index >= 15 is 0 Å². The summed E-state index contributed by atoms with van der Waals surface area (Å²) in [6, 6.07) is 5.06. The summed E-state index contributed by atoms with van der Waals surface area (Å²) >= 11 is 0. The van der Waals surface area contributed by atoms with Crippen LogP contribution in [0.2, 0.25) is 0 Å². The summed E-state index contributed by atoms with van der Waals surface area (Å²) in [5, 5.41) is 5.49. The normalized spacial score (nSPS) is 23.7. The van der Waals surface area contributed by atoms with Crippen LogP contribution in [0.5, 0.6) is 0 Å². The van der Waals surface area contributed by atoms with Crippen LogP contribution in [0.25, 0.3) is 0 Å². The molecule has 25 heavy (non-hydrogen) atoms. The van der Waals surface area contributed by atoms with Gasteiger partial charge in [-0.05, 0) is 43.6 Å². The van der Waals surface area contributed by atoms with E-state index in [1.165, 1.54) is 25.0 Å². The molecule has 0 bridgehead atoms. The molecule has 2 N–H and O–H groups in total. The number of carbonyl (C=O) groups excluding carboxylic acids is 2. The molecule has 3 aliphatic heterocycles. The first-order valence-electron chi connectivity index (χ1n) is 8.69. The summed E-state index contributed by atoms with van der Waals surface area (Å²) in [6.07, 6.45) is 2.43. The Morgan fingerprint density at radius 3 is 2.72 bits per heavy atom. The molecule has 1 aromatic carbocycles. The lowest BCUT2D eigenvalue weighted by Crippen LogP contribution is -2.44. The molecule has 0 aliphatic carbocycles. The summed E-state index contributed by atoms with van der Waals surface area (Å²) < 4.78 is 13.6. The Labute approximate surface area is 145 Å². The first kappa shape index (κ1) is 16.1. The van der Waals surface area contributed by atoms with Crippen molar-refractivity contribution in [1.82, 2.24) is 20.4 Å². The highest BCUT2D eigenvalue weighted by atomic mass is 19.1. The number of urea groups is 1. The van der Waals surface area contributed by atoms with Gasteiger partial charge in [0.1, 0.15) is 5.82 Å². The van der Waals surface area contributed by atoms with Gasteiger partial charge in [0.05, 0.1) is 23.9 Å². The van der Waals surface area contributed by atoms with Gasteiger partial charge in [-0.15, -0.1) is 0 Å². The van der Waals surface area contributed by atoms with Crippen molar-refractivity contribution in [1.29, 1.82) is 0 Å². The molecule has 6 nitrogen and oxygen atoms in total. The van der Waals surface area contributed by atoms with Crippen LogP contribution in [0.1, 0.15) is 24.4 Å².